The summed E-state index contributed by atoms with van der Waals surface area (Å²) >= 11 is 5.92. The zero-order valence-electron chi connectivity index (χ0n) is 12.6. The molecule has 0 saturated heterocycles. The van der Waals surface area contributed by atoms with Crippen molar-refractivity contribution in [2.24, 2.45) is 0 Å². The van der Waals surface area contributed by atoms with E-state index in [9.17, 15) is 0 Å². The number of halogens is 1. The molecule has 1 atom stereocenters. The largest absolute Gasteiger partial charge is 0.367 e. The van der Waals surface area contributed by atoms with E-state index in [1.165, 1.54) is 0 Å². The molecule has 0 bridgehead atoms. The molecule has 0 amide bonds. The Labute approximate surface area is 134 Å². The first-order valence-corrected chi connectivity index (χ1v) is 7.72. The van der Waals surface area contributed by atoms with Crippen LogP contribution in [0.4, 0.5) is 5.82 Å². The van der Waals surface area contributed by atoms with Gasteiger partial charge in [0.2, 0.25) is 0 Å². The summed E-state index contributed by atoms with van der Waals surface area (Å²) in [6.45, 7) is 4.92. The van der Waals surface area contributed by atoms with Crippen LogP contribution < -0.4 is 5.32 Å². The van der Waals surface area contributed by atoms with Gasteiger partial charge < -0.3 is 5.32 Å². The van der Waals surface area contributed by atoms with Crippen molar-refractivity contribution in [1.29, 1.82) is 0 Å². The zero-order valence-corrected chi connectivity index (χ0v) is 13.4. The molecule has 1 N–H and O–H groups in total. The lowest BCUT2D eigenvalue weighted by Crippen LogP contribution is -2.14. The van der Waals surface area contributed by atoms with Crippen LogP contribution in [0.5, 0.6) is 0 Å². The Kier molecular flexibility index (Phi) is 4.24. The Morgan fingerprint density at radius 3 is 2.73 bits per heavy atom. The highest BCUT2D eigenvalue weighted by atomic mass is 35.5. The first-order valence-electron chi connectivity index (χ1n) is 7.35. The second kappa shape index (κ2) is 6.32. The molecular weight excluding hydrogens is 298 g/mol. The summed E-state index contributed by atoms with van der Waals surface area (Å²) in [6.07, 6.45) is 4.42. The number of benzene rings is 1. The molecule has 0 aliphatic rings. The third-order valence-electron chi connectivity index (χ3n) is 3.67. The van der Waals surface area contributed by atoms with Gasteiger partial charge in [0.15, 0.2) is 5.65 Å². The predicted molar refractivity (Wildman–Crippen MR) is 89.3 cm³/mol. The van der Waals surface area contributed by atoms with Gasteiger partial charge in [0.25, 0.3) is 0 Å². The van der Waals surface area contributed by atoms with Gasteiger partial charge >= 0.3 is 0 Å². The molecule has 5 nitrogen and oxygen atoms in total. The summed E-state index contributed by atoms with van der Waals surface area (Å²) in [5.41, 5.74) is 1.96. The van der Waals surface area contributed by atoms with Crippen LogP contribution >= 0.6 is 11.6 Å². The van der Waals surface area contributed by atoms with Crippen molar-refractivity contribution in [2.75, 3.05) is 5.32 Å². The van der Waals surface area contributed by atoms with Gasteiger partial charge in [-0.1, -0.05) is 30.7 Å². The molecule has 2 aromatic heterocycles. The molecular formula is C16H18ClN5. The minimum Gasteiger partial charge on any atom is -0.367 e. The minimum atomic E-state index is 0.359. The quantitative estimate of drug-likeness (QED) is 0.779. The van der Waals surface area contributed by atoms with Crippen molar-refractivity contribution in [1.82, 2.24) is 19.7 Å². The van der Waals surface area contributed by atoms with Gasteiger partial charge in [-0.05, 0) is 31.0 Å². The summed E-state index contributed by atoms with van der Waals surface area (Å²) in [5.74, 6) is 0.835. The van der Waals surface area contributed by atoms with E-state index in [0.717, 1.165) is 33.9 Å². The van der Waals surface area contributed by atoms with Gasteiger partial charge in [0.1, 0.15) is 12.1 Å². The number of hydrogen-bond donors (Lipinski definition) is 1. The number of rotatable bonds is 5. The standard InChI is InChI=1S/C16H18ClN5/c1-3-11(2)21-15-14-8-20-22(16(14)19-10-18-15)9-12-4-6-13(17)7-5-12/h4-8,10-11H,3,9H2,1-2H3,(H,18,19,21)/t11-/m0/s1. The Morgan fingerprint density at radius 1 is 1.23 bits per heavy atom. The lowest BCUT2D eigenvalue weighted by molar-refractivity contribution is 0.703. The maximum absolute atomic E-state index is 5.92. The fourth-order valence-electron chi connectivity index (χ4n) is 2.22. The van der Waals surface area contributed by atoms with E-state index in [1.54, 1.807) is 6.33 Å². The summed E-state index contributed by atoms with van der Waals surface area (Å²) in [4.78, 5) is 8.71. The first-order chi connectivity index (χ1) is 10.7. The molecule has 3 rings (SSSR count). The number of nitrogens with one attached hydrogen (secondary N) is 1. The normalized spacial score (nSPS) is 12.5. The molecule has 0 saturated carbocycles. The molecule has 3 aromatic rings. The Bertz CT molecular complexity index is 766. The van der Waals surface area contributed by atoms with E-state index in [-0.39, 0.29) is 0 Å². The predicted octanol–water partition coefficient (Wildman–Crippen LogP) is 3.74. The second-order valence-corrected chi connectivity index (χ2v) is 5.78. The highest BCUT2D eigenvalue weighted by Crippen LogP contribution is 2.21. The highest BCUT2D eigenvalue weighted by molar-refractivity contribution is 6.30. The maximum atomic E-state index is 5.92. The van der Waals surface area contributed by atoms with Crippen LogP contribution in [0.25, 0.3) is 11.0 Å². The molecule has 1 aromatic carbocycles. The molecule has 2 heterocycles. The molecule has 0 unspecified atom stereocenters. The zero-order chi connectivity index (χ0) is 15.5. The molecule has 0 aliphatic carbocycles. The summed E-state index contributed by atoms with van der Waals surface area (Å²) in [5, 5.41) is 9.52. The highest BCUT2D eigenvalue weighted by Gasteiger charge is 2.11. The molecule has 6 heteroatoms. The van der Waals surface area contributed by atoms with Gasteiger partial charge in [0.05, 0.1) is 18.1 Å². The number of hydrogen-bond acceptors (Lipinski definition) is 4. The van der Waals surface area contributed by atoms with Crippen LogP contribution in [0.2, 0.25) is 5.02 Å². The molecule has 0 spiro atoms. The van der Waals surface area contributed by atoms with Crippen LogP contribution in [0.15, 0.2) is 36.8 Å². The lowest BCUT2D eigenvalue weighted by atomic mass is 10.2. The average molecular weight is 316 g/mol. The molecule has 0 aliphatic heterocycles. The van der Waals surface area contributed by atoms with Gasteiger partial charge in [-0.2, -0.15) is 5.10 Å². The van der Waals surface area contributed by atoms with Crippen LogP contribution in [0, 0.1) is 0 Å². The monoisotopic (exact) mass is 315 g/mol. The Balaban J connectivity index is 1.91. The van der Waals surface area contributed by atoms with Crippen LogP contribution in [0.1, 0.15) is 25.8 Å². The molecule has 0 fully saturated rings. The lowest BCUT2D eigenvalue weighted by Gasteiger charge is -2.12. The van der Waals surface area contributed by atoms with Crippen molar-refractivity contribution in [3.8, 4) is 0 Å². The van der Waals surface area contributed by atoms with E-state index in [0.29, 0.717) is 12.6 Å². The molecule has 114 valence electrons. The van der Waals surface area contributed by atoms with Crippen LogP contribution in [-0.2, 0) is 6.54 Å². The van der Waals surface area contributed by atoms with E-state index >= 15 is 0 Å². The van der Waals surface area contributed by atoms with Crippen LogP contribution in [0.3, 0.4) is 0 Å². The average Bonchev–Trinajstić information content (AvgIpc) is 2.94. The topological polar surface area (TPSA) is 55.6 Å². The SMILES string of the molecule is CC[C@H](C)Nc1ncnc2c1cnn2Cc1ccc(Cl)cc1. The summed E-state index contributed by atoms with van der Waals surface area (Å²) < 4.78 is 1.88. The number of nitrogens with zero attached hydrogens (tertiary/aromatic N) is 4. The van der Waals surface area contributed by atoms with Gasteiger partial charge in [0, 0.05) is 11.1 Å². The van der Waals surface area contributed by atoms with Crippen LogP contribution in [-0.4, -0.2) is 25.8 Å². The fraction of sp³-hybridized carbons (Fsp3) is 0.312. The Hall–Kier alpha value is -2.14. The van der Waals surface area contributed by atoms with E-state index in [1.807, 2.05) is 35.1 Å². The third-order valence-corrected chi connectivity index (χ3v) is 3.93. The summed E-state index contributed by atoms with van der Waals surface area (Å²) in [6, 6.07) is 8.11. The first kappa shape index (κ1) is 14.8. The van der Waals surface area contributed by atoms with Gasteiger partial charge in [-0.3, -0.25) is 0 Å². The smallest absolute Gasteiger partial charge is 0.163 e. The minimum absolute atomic E-state index is 0.359. The molecule has 22 heavy (non-hydrogen) atoms. The number of aromatic nitrogens is 4. The van der Waals surface area contributed by atoms with Crippen molar-refractivity contribution in [3.05, 3.63) is 47.4 Å². The third kappa shape index (κ3) is 3.04. The van der Waals surface area contributed by atoms with Crippen molar-refractivity contribution >= 4 is 28.5 Å². The summed E-state index contributed by atoms with van der Waals surface area (Å²) in [7, 11) is 0. The maximum Gasteiger partial charge on any atom is 0.163 e. The molecule has 0 radical (unpaired) electrons. The van der Waals surface area contributed by atoms with Crippen molar-refractivity contribution in [2.45, 2.75) is 32.9 Å². The van der Waals surface area contributed by atoms with Gasteiger partial charge in [-0.15, -0.1) is 0 Å². The van der Waals surface area contributed by atoms with Crippen molar-refractivity contribution < 1.29 is 0 Å². The van der Waals surface area contributed by atoms with E-state index in [4.69, 9.17) is 11.6 Å². The van der Waals surface area contributed by atoms with Crippen molar-refractivity contribution in [3.63, 3.8) is 0 Å². The second-order valence-electron chi connectivity index (χ2n) is 5.34. The van der Waals surface area contributed by atoms with Gasteiger partial charge in [-0.25, -0.2) is 14.6 Å². The number of anilines is 1. The Morgan fingerprint density at radius 2 is 2.00 bits per heavy atom. The van der Waals surface area contributed by atoms with E-state index in [2.05, 4.69) is 34.2 Å². The fourth-order valence-corrected chi connectivity index (χ4v) is 2.35. The van der Waals surface area contributed by atoms with E-state index < -0.39 is 0 Å². The number of fused-ring (bicyclic) bond motifs is 1.